The first-order valence-electron chi connectivity index (χ1n) is 6.94. The maximum atomic E-state index is 12.8. The van der Waals surface area contributed by atoms with Crippen LogP contribution in [-0.4, -0.2) is 25.4 Å². The fourth-order valence-corrected chi connectivity index (χ4v) is 1.73. The van der Waals surface area contributed by atoms with Crippen molar-refractivity contribution >= 4 is 5.97 Å². The lowest BCUT2D eigenvalue weighted by molar-refractivity contribution is -0.173. The molecule has 0 amide bonds. The molecule has 0 heterocycles. The van der Waals surface area contributed by atoms with E-state index in [0.29, 0.717) is 6.61 Å². The van der Waals surface area contributed by atoms with Gasteiger partial charge >= 0.3 is 12.1 Å². The van der Waals surface area contributed by atoms with Crippen LogP contribution >= 0.6 is 0 Å². The number of carbonyl (C=O) groups excluding carboxylic acids is 1. The Morgan fingerprint density at radius 3 is 2.55 bits per heavy atom. The Labute approximate surface area is 127 Å². The third-order valence-corrected chi connectivity index (χ3v) is 2.81. The fourth-order valence-electron chi connectivity index (χ4n) is 1.73. The average molecular weight is 316 g/mol. The molecule has 0 aliphatic carbocycles. The van der Waals surface area contributed by atoms with Gasteiger partial charge < -0.3 is 9.47 Å². The number of hydrogen-bond acceptors (Lipinski definition) is 3. The van der Waals surface area contributed by atoms with Gasteiger partial charge in [-0.2, -0.15) is 13.2 Å². The van der Waals surface area contributed by atoms with E-state index in [4.69, 9.17) is 4.74 Å². The first-order valence-corrected chi connectivity index (χ1v) is 6.94. The number of hydrogen-bond donors (Lipinski definition) is 0. The Bertz CT molecular complexity index is 469. The highest BCUT2D eigenvalue weighted by Crippen LogP contribution is 2.30. The number of alkyl halides is 3. The van der Waals surface area contributed by atoms with Crippen LogP contribution in [0.15, 0.2) is 42.5 Å². The number of benzene rings is 1. The summed E-state index contributed by atoms with van der Waals surface area (Å²) in [6.45, 7) is 1.98. The van der Waals surface area contributed by atoms with Gasteiger partial charge in [0, 0.05) is 0 Å². The number of esters is 1. The SMILES string of the molecule is CCOC(=O)C[C@@H](/C=C/COCc1ccccc1)C(F)(F)F. The van der Waals surface area contributed by atoms with E-state index in [0.717, 1.165) is 11.6 Å². The van der Waals surface area contributed by atoms with Gasteiger partial charge in [0.25, 0.3) is 0 Å². The van der Waals surface area contributed by atoms with Gasteiger partial charge in [0.15, 0.2) is 0 Å². The van der Waals surface area contributed by atoms with Gasteiger partial charge in [0.1, 0.15) is 0 Å². The van der Waals surface area contributed by atoms with E-state index < -0.39 is 24.5 Å². The van der Waals surface area contributed by atoms with Gasteiger partial charge in [-0.15, -0.1) is 0 Å². The molecule has 122 valence electrons. The molecular formula is C16H19F3O3. The monoisotopic (exact) mass is 316 g/mol. The van der Waals surface area contributed by atoms with E-state index in [2.05, 4.69) is 4.74 Å². The van der Waals surface area contributed by atoms with E-state index in [1.165, 1.54) is 6.08 Å². The van der Waals surface area contributed by atoms with E-state index in [1.54, 1.807) is 6.92 Å². The van der Waals surface area contributed by atoms with Crippen molar-refractivity contribution in [1.82, 2.24) is 0 Å². The molecule has 0 aliphatic heterocycles. The standard InChI is InChI=1S/C16H19F3O3/c1-2-22-15(20)11-14(16(17,18)19)9-6-10-21-12-13-7-4-3-5-8-13/h3-9,14H,2,10-12H2,1H3/b9-6+/t14-/m1/s1. The minimum absolute atomic E-state index is 0.0459. The molecule has 6 heteroatoms. The van der Waals surface area contributed by atoms with Crippen LogP contribution in [0.5, 0.6) is 0 Å². The quantitative estimate of drug-likeness (QED) is 0.415. The molecule has 0 N–H and O–H groups in total. The molecule has 0 unspecified atom stereocenters. The maximum absolute atomic E-state index is 12.8. The van der Waals surface area contributed by atoms with Crippen LogP contribution in [0.2, 0.25) is 0 Å². The second-order valence-corrected chi connectivity index (χ2v) is 4.59. The predicted octanol–water partition coefficient (Wildman–Crippen LogP) is 3.89. The Hall–Kier alpha value is -1.82. The summed E-state index contributed by atoms with van der Waals surface area (Å²) in [5, 5.41) is 0. The molecule has 1 atom stereocenters. The predicted molar refractivity (Wildman–Crippen MR) is 76.0 cm³/mol. The molecule has 0 fully saturated rings. The Morgan fingerprint density at radius 1 is 1.27 bits per heavy atom. The van der Waals surface area contributed by atoms with Crippen LogP contribution in [0.1, 0.15) is 18.9 Å². The van der Waals surface area contributed by atoms with Crippen LogP contribution < -0.4 is 0 Å². The van der Waals surface area contributed by atoms with Crippen molar-refractivity contribution in [2.45, 2.75) is 26.1 Å². The summed E-state index contributed by atoms with van der Waals surface area (Å²) >= 11 is 0. The summed E-state index contributed by atoms with van der Waals surface area (Å²) in [5.41, 5.74) is 0.940. The fraction of sp³-hybridized carbons (Fsp3) is 0.438. The van der Waals surface area contributed by atoms with Gasteiger partial charge in [0.2, 0.25) is 0 Å². The molecule has 1 aromatic rings. The average Bonchev–Trinajstić information content (AvgIpc) is 2.46. The summed E-state index contributed by atoms with van der Waals surface area (Å²) < 4.78 is 48.2. The Morgan fingerprint density at radius 2 is 1.95 bits per heavy atom. The van der Waals surface area contributed by atoms with Crippen LogP contribution in [0.3, 0.4) is 0 Å². The minimum atomic E-state index is -4.48. The number of ether oxygens (including phenoxy) is 2. The smallest absolute Gasteiger partial charge is 0.395 e. The molecule has 3 nitrogen and oxygen atoms in total. The highest BCUT2D eigenvalue weighted by Gasteiger charge is 2.39. The molecule has 0 aromatic heterocycles. The third-order valence-electron chi connectivity index (χ3n) is 2.81. The lowest BCUT2D eigenvalue weighted by Gasteiger charge is -2.15. The summed E-state index contributed by atoms with van der Waals surface area (Å²) in [6.07, 6.45) is -2.97. The third kappa shape index (κ3) is 7.26. The van der Waals surface area contributed by atoms with Crippen molar-refractivity contribution < 1.29 is 27.4 Å². The highest BCUT2D eigenvalue weighted by molar-refractivity contribution is 5.70. The van der Waals surface area contributed by atoms with Gasteiger partial charge in [-0.05, 0) is 12.5 Å². The molecule has 0 saturated carbocycles. The van der Waals surface area contributed by atoms with Crippen molar-refractivity contribution in [1.29, 1.82) is 0 Å². The minimum Gasteiger partial charge on any atom is -0.466 e. The summed E-state index contributed by atoms with van der Waals surface area (Å²) in [6, 6.07) is 9.31. The van der Waals surface area contributed by atoms with Crippen LogP contribution in [-0.2, 0) is 20.9 Å². The molecule has 0 saturated heterocycles. The van der Waals surface area contributed by atoms with Crippen LogP contribution in [0.25, 0.3) is 0 Å². The normalized spacial score (nSPS) is 13.3. The van der Waals surface area contributed by atoms with Gasteiger partial charge in [-0.25, -0.2) is 0 Å². The zero-order valence-corrected chi connectivity index (χ0v) is 12.3. The topological polar surface area (TPSA) is 35.5 Å². The van der Waals surface area contributed by atoms with Crippen LogP contribution in [0, 0.1) is 5.92 Å². The lowest BCUT2D eigenvalue weighted by Crippen LogP contribution is -2.24. The maximum Gasteiger partial charge on any atom is 0.395 e. The van der Waals surface area contributed by atoms with E-state index >= 15 is 0 Å². The zero-order chi connectivity index (χ0) is 16.4. The highest BCUT2D eigenvalue weighted by atomic mass is 19.4. The Balaban J connectivity index is 2.43. The molecule has 0 aliphatic rings. The summed E-state index contributed by atoms with van der Waals surface area (Å²) in [4.78, 5) is 11.2. The molecule has 1 rings (SSSR count). The number of carbonyl (C=O) groups is 1. The van der Waals surface area contributed by atoms with E-state index in [9.17, 15) is 18.0 Å². The number of halogens is 3. The van der Waals surface area contributed by atoms with Gasteiger partial charge in [-0.3, -0.25) is 4.79 Å². The van der Waals surface area contributed by atoms with E-state index in [1.807, 2.05) is 30.3 Å². The second kappa shape index (κ2) is 9.25. The van der Waals surface area contributed by atoms with Gasteiger partial charge in [-0.1, -0.05) is 42.5 Å². The van der Waals surface area contributed by atoms with Crippen molar-refractivity contribution in [3.63, 3.8) is 0 Å². The number of rotatable bonds is 8. The van der Waals surface area contributed by atoms with Crippen molar-refractivity contribution in [2.24, 2.45) is 5.92 Å². The van der Waals surface area contributed by atoms with Crippen LogP contribution in [0.4, 0.5) is 13.2 Å². The molecule has 0 bridgehead atoms. The summed E-state index contributed by atoms with van der Waals surface area (Å²) in [5.74, 6) is -2.72. The molecule has 22 heavy (non-hydrogen) atoms. The lowest BCUT2D eigenvalue weighted by atomic mass is 10.0. The summed E-state index contributed by atoms with van der Waals surface area (Å²) in [7, 11) is 0. The molecule has 1 aromatic carbocycles. The molecule has 0 radical (unpaired) electrons. The van der Waals surface area contributed by atoms with Crippen molar-refractivity contribution in [3.05, 3.63) is 48.0 Å². The van der Waals surface area contributed by atoms with E-state index in [-0.39, 0.29) is 13.2 Å². The van der Waals surface area contributed by atoms with Crippen molar-refractivity contribution in [3.8, 4) is 0 Å². The molecular weight excluding hydrogens is 297 g/mol. The second-order valence-electron chi connectivity index (χ2n) is 4.59. The molecule has 0 spiro atoms. The zero-order valence-electron chi connectivity index (χ0n) is 12.3. The van der Waals surface area contributed by atoms with Gasteiger partial charge in [0.05, 0.1) is 32.2 Å². The first-order chi connectivity index (χ1) is 10.4. The number of allylic oxidation sites excluding steroid dienone is 1. The Kier molecular flexibility index (Phi) is 7.66. The van der Waals surface area contributed by atoms with Crippen molar-refractivity contribution in [2.75, 3.05) is 13.2 Å². The largest absolute Gasteiger partial charge is 0.466 e. The first kappa shape index (κ1) is 18.2.